The lowest BCUT2D eigenvalue weighted by atomic mass is 9.75. The Hall–Kier alpha value is -1.72. The molecule has 0 saturated carbocycles. The van der Waals surface area contributed by atoms with E-state index in [-0.39, 0.29) is 24.1 Å². The zero-order chi connectivity index (χ0) is 15.6. The highest BCUT2D eigenvalue weighted by molar-refractivity contribution is 5.93. The van der Waals surface area contributed by atoms with E-state index in [1.165, 1.54) is 0 Å². The summed E-state index contributed by atoms with van der Waals surface area (Å²) in [6, 6.07) is 7.91. The number of ether oxygens (including phenoxy) is 1. The quantitative estimate of drug-likeness (QED) is 0.790. The van der Waals surface area contributed by atoms with Gasteiger partial charge in [0.1, 0.15) is 16.9 Å². The van der Waals surface area contributed by atoms with Gasteiger partial charge in [0, 0.05) is 23.5 Å². The first-order chi connectivity index (χ1) is 11.1. The van der Waals surface area contributed by atoms with Gasteiger partial charge < -0.3 is 9.15 Å². The number of halogens is 1. The molecule has 5 nitrogen and oxygen atoms in total. The molecule has 2 aromatic rings. The van der Waals surface area contributed by atoms with Crippen LogP contribution in [0.3, 0.4) is 0 Å². The molecular weight excluding hydrogens is 328 g/mol. The third kappa shape index (κ3) is 2.22. The molecule has 6 heteroatoms. The summed E-state index contributed by atoms with van der Waals surface area (Å²) in [6.45, 7) is 5.77. The lowest BCUT2D eigenvalue weighted by Crippen LogP contribution is -2.61. The van der Waals surface area contributed by atoms with Crippen LogP contribution >= 0.6 is 12.4 Å². The molecule has 1 aromatic heterocycles. The van der Waals surface area contributed by atoms with Gasteiger partial charge in [-0.1, -0.05) is 0 Å². The molecule has 4 fully saturated rings. The largest absolute Gasteiger partial charge is 0.461 e. The number of aryl methyl sites for hydroxylation is 1. The molecule has 0 N–H and O–H groups in total. The summed E-state index contributed by atoms with van der Waals surface area (Å²) in [5, 5.41) is 1.03. The highest BCUT2D eigenvalue weighted by Crippen LogP contribution is 2.43. The second-order valence-corrected chi connectivity index (χ2v) is 7.15. The molecule has 0 unspecified atom stereocenters. The van der Waals surface area contributed by atoms with Gasteiger partial charge in [0.05, 0.1) is 6.54 Å². The zero-order valence-corrected chi connectivity index (χ0v) is 14.5. The summed E-state index contributed by atoms with van der Waals surface area (Å²) in [4.78, 5) is 16.8. The molecule has 1 aromatic carbocycles. The molecule has 0 radical (unpaired) electrons. The Kier molecular flexibility index (Phi) is 3.55. The summed E-state index contributed by atoms with van der Waals surface area (Å²) in [5.41, 5.74) is 1.45. The van der Waals surface area contributed by atoms with Crippen LogP contribution in [0.15, 0.2) is 28.7 Å². The average Bonchev–Trinajstić information content (AvgIpc) is 3.07. The van der Waals surface area contributed by atoms with Crippen LogP contribution in [-0.4, -0.2) is 42.8 Å². The summed E-state index contributed by atoms with van der Waals surface area (Å²) < 4.78 is 11.6. The number of carbonyl (C=O) groups is 1. The highest BCUT2D eigenvalue weighted by atomic mass is 35.5. The Morgan fingerprint density at radius 3 is 2.67 bits per heavy atom. The Balaban J connectivity index is 0.00000146. The first-order valence-corrected chi connectivity index (χ1v) is 8.36. The van der Waals surface area contributed by atoms with Crippen LogP contribution in [0, 0.1) is 12.8 Å². The van der Waals surface area contributed by atoms with Crippen molar-refractivity contribution in [2.24, 2.45) is 5.92 Å². The van der Waals surface area contributed by atoms with Crippen molar-refractivity contribution in [1.29, 1.82) is 0 Å². The molecular formula is C18H21ClN2O3. The van der Waals surface area contributed by atoms with Crippen LogP contribution in [0.2, 0.25) is 0 Å². The lowest BCUT2D eigenvalue weighted by molar-refractivity contribution is -0.0881. The number of furan rings is 1. The van der Waals surface area contributed by atoms with Gasteiger partial charge in [0.2, 0.25) is 0 Å². The van der Waals surface area contributed by atoms with Crippen molar-refractivity contribution in [2.45, 2.75) is 25.4 Å². The van der Waals surface area contributed by atoms with Crippen molar-refractivity contribution >= 4 is 35.2 Å². The van der Waals surface area contributed by atoms with E-state index in [1.807, 2.05) is 31.2 Å². The second kappa shape index (κ2) is 5.39. The molecule has 6 rings (SSSR count). The minimum Gasteiger partial charge on any atom is -0.461 e. The van der Waals surface area contributed by atoms with Gasteiger partial charge in [-0.2, -0.15) is 0 Å². The van der Waals surface area contributed by atoms with E-state index in [0.717, 1.165) is 54.9 Å². The van der Waals surface area contributed by atoms with E-state index in [2.05, 4.69) is 4.90 Å². The van der Waals surface area contributed by atoms with E-state index < -0.39 is 0 Å². The lowest BCUT2D eigenvalue weighted by Gasteiger charge is -2.49. The number of fused-ring (bicyclic) bond motifs is 3. The van der Waals surface area contributed by atoms with Crippen LogP contribution in [-0.2, 0) is 4.74 Å². The van der Waals surface area contributed by atoms with Gasteiger partial charge >= 0.3 is 6.09 Å². The van der Waals surface area contributed by atoms with Gasteiger partial charge in [0.25, 0.3) is 0 Å². The Labute approximate surface area is 146 Å². The summed E-state index contributed by atoms with van der Waals surface area (Å²) >= 11 is 0. The molecule has 1 amide bonds. The van der Waals surface area contributed by atoms with Gasteiger partial charge in [-0.25, -0.2) is 4.79 Å². The van der Waals surface area contributed by atoms with Crippen molar-refractivity contribution in [3.8, 4) is 0 Å². The Morgan fingerprint density at radius 1 is 1.17 bits per heavy atom. The van der Waals surface area contributed by atoms with Crippen molar-refractivity contribution in [3.05, 3.63) is 30.0 Å². The number of hydrogen-bond acceptors (Lipinski definition) is 4. The molecule has 1 atom stereocenters. The Bertz CT molecular complexity index is 797. The average molecular weight is 349 g/mol. The van der Waals surface area contributed by atoms with Crippen LogP contribution in [0.25, 0.3) is 11.0 Å². The van der Waals surface area contributed by atoms with Crippen LogP contribution in [0.1, 0.15) is 18.6 Å². The molecule has 4 aliphatic rings. The number of piperidine rings is 3. The van der Waals surface area contributed by atoms with Crippen molar-refractivity contribution in [2.75, 3.05) is 31.1 Å². The molecule has 0 aliphatic carbocycles. The fraction of sp³-hybridized carbons (Fsp3) is 0.500. The maximum atomic E-state index is 12.5. The van der Waals surface area contributed by atoms with Crippen LogP contribution in [0.5, 0.6) is 0 Å². The van der Waals surface area contributed by atoms with Gasteiger partial charge in [-0.3, -0.25) is 9.80 Å². The first kappa shape index (κ1) is 15.8. The number of nitrogens with zero attached hydrogens (tertiary/aromatic N) is 2. The minimum absolute atomic E-state index is 0. The van der Waals surface area contributed by atoms with Crippen molar-refractivity contribution < 1.29 is 13.9 Å². The fourth-order valence-corrected chi connectivity index (χ4v) is 4.54. The predicted octanol–water partition coefficient (Wildman–Crippen LogP) is 3.58. The number of carbonyl (C=O) groups excluding carboxylic acids is 1. The molecule has 4 saturated heterocycles. The highest BCUT2D eigenvalue weighted by Gasteiger charge is 2.55. The maximum absolute atomic E-state index is 12.5. The van der Waals surface area contributed by atoms with Crippen molar-refractivity contribution in [1.82, 2.24) is 4.90 Å². The van der Waals surface area contributed by atoms with Crippen LogP contribution < -0.4 is 4.90 Å². The summed E-state index contributed by atoms with van der Waals surface area (Å²) in [7, 11) is 0. The maximum Gasteiger partial charge on any atom is 0.415 e. The van der Waals surface area contributed by atoms with E-state index >= 15 is 0 Å². The number of anilines is 1. The first-order valence-electron chi connectivity index (χ1n) is 8.36. The van der Waals surface area contributed by atoms with E-state index in [4.69, 9.17) is 9.15 Å². The van der Waals surface area contributed by atoms with E-state index in [0.29, 0.717) is 12.5 Å². The number of rotatable bonds is 1. The van der Waals surface area contributed by atoms with E-state index in [1.54, 1.807) is 4.90 Å². The Morgan fingerprint density at radius 2 is 1.96 bits per heavy atom. The fourth-order valence-electron chi connectivity index (χ4n) is 4.54. The SMILES string of the molecule is Cc1cc2cc(N3C[C@@]4(CN5CCC4CC5)OC3=O)ccc2o1.Cl. The summed E-state index contributed by atoms with van der Waals surface area (Å²) in [5.74, 6) is 1.39. The predicted molar refractivity (Wildman–Crippen MR) is 93.9 cm³/mol. The van der Waals surface area contributed by atoms with Gasteiger partial charge in [-0.05, 0) is 57.1 Å². The zero-order valence-electron chi connectivity index (χ0n) is 13.7. The monoisotopic (exact) mass is 348 g/mol. The molecule has 128 valence electrons. The number of amides is 1. The van der Waals surface area contributed by atoms with Gasteiger partial charge in [-0.15, -0.1) is 12.4 Å². The van der Waals surface area contributed by atoms with Crippen molar-refractivity contribution in [3.63, 3.8) is 0 Å². The number of hydrogen-bond donors (Lipinski definition) is 0. The van der Waals surface area contributed by atoms with E-state index in [9.17, 15) is 4.79 Å². The third-order valence-corrected chi connectivity index (χ3v) is 5.69. The normalized spacial score (nSPS) is 31.5. The number of benzene rings is 1. The topological polar surface area (TPSA) is 45.9 Å². The standard InChI is InChI=1S/C18H20N2O3.ClH/c1-12-8-13-9-15(2-3-16(13)22-12)20-11-18(23-17(20)21)10-19-6-4-14(18)5-7-19;/h2-3,8-9,14H,4-7,10-11H2,1H3;1H/t18-;/m1./s1. The smallest absolute Gasteiger partial charge is 0.415 e. The molecule has 1 spiro atoms. The van der Waals surface area contributed by atoms with Gasteiger partial charge in [0.15, 0.2) is 0 Å². The molecule has 4 aliphatic heterocycles. The minimum atomic E-state index is -0.311. The molecule has 2 bridgehead atoms. The molecule has 24 heavy (non-hydrogen) atoms. The second-order valence-electron chi connectivity index (χ2n) is 7.15. The summed E-state index contributed by atoms with van der Waals surface area (Å²) in [6.07, 6.45) is 2.07. The molecule has 5 heterocycles. The third-order valence-electron chi connectivity index (χ3n) is 5.69. The van der Waals surface area contributed by atoms with Crippen LogP contribution in [0.4, 0.5) is 10.5 Å².